The van der Waals surface area contributed by atoms with Crippen molar-refractivity contribution in [2.24, 2.45) is 11.8 Å². The monoisotopic (exact) mass is 327 g/mol. The zero-order valence-corrected chi connectivity index (χ0v) is 13.9. The summed E-state index contributed by atoms with van der Waals surface area (Å²) in [4.78, 5) is 20.4. The Labute approximate surface area is 142 Å². The summed E-state index contributed by atoms with van der Waals surface area (Å²) in [6.45, 7) is 4.90. The number of H-pyrrole nitrogens is 1. The van der Waals surface area contributed by atoms with Crippen LogP contribution in [0.3, 0.4) is 0 Å². The van der Waals surface area contributed by atoms with E-state index in [2.05, 4.69) is 9.88 Å². The first-order valence-electron chi connectivity index (χ1n) is 8.94. The number of aliphatic hydroxyl groups is 1. The minimum atomic E-state index is 0.0777. The van der Waals surface area contributed by atoms with Crippen LogP contribution in [0.15, 0.2) is 30.5 Å². The van der Waals surface area contributed by atoms with Gasteiger partial charge < -0.3 is 19.9 Å². The third kappa shape index (κ3) is 2.94. The van der Waals surface area contributed by atoms with Crippen LogP contribution in [0.4, 0.5) is 0 Å². The van der Waals surface area contributed by atoms with E-state index in [0.717, 1.165) is 42.6 Å². The number of carbonyl (C=O) groups is 1. The molecule has 4 rings (SSSR count). The maximum Gasteiger partial charge on any atom is 0.253 e. The van der Waals surface area contributed by atoms with Crippen LogP contribution in [0.5, 0.6) is 0 Å². The van der Waals surface area contributed by atoms with Crippen molar-refractivity contribution in [2.75, 3.05) is 39.3 Å². The standard InChI is InChI=1S/C19H25N3O2/c23-13-17-12-22(11-16(17)10-21-7-1-2-8-21)19(24)15-4-3-14-5-6-20-18(14)9-15/h3-6,9,16-17,20,23H,1-2,7-8,10-13H2/t16-,17-/m1/s1. The molecule has 2 aliphatic rings. The van der Waals surface area contributed by atoms with Gasteiger partial charge in [0.1, 0.15) is 0 Å². The van der Waals surface area contributed by atoms with Crippen LogP contribution in [0.1, 0.15) is 23.2 Å². The fraction of sp³-hybridized carbons (Fsp3) is 0.526. The molecule has 2 aromatic rings. The van der Waals surface area contributed by atoms with Crippen LogP contribution in [0.2, 0.25) is 0 Å². The number of amides is 1. The molecule has 0 radical (unpaired) electrons. The van der Waals surface area contributed by atoms with Crippen molar-refractivity contribution >= 4 is 16.8 Å². The molecule has 1 amide bonds. The topological polar surface area (TPSA) is 59.6 Å². The van der Waals surface area contributed by atoms with Gasteiger partial charge in [0.15, 0.2) is 0 Å². The molecule has 0 spiro atoms. The lowest BCUT2D eigenvalue weighted by Crippen LogP contribution is -2.32. The average Bonchev–Trinajstić information content (AvgIpc) is 3.34. The van der Waals surface area contributed by atoms with E-state index < -0.39 is 0 Å². The van der Waals surface area contributed by atoms with E-state index in [4.69, 9.17) is 0 Å². The first-order valence-corrected chi connectivity index (χ1v) is 8.94. The van der Waals surface area contributed by atoms with Crippen LogP contribution >= 0.6 is 0 Å². The Balaban J connectivity index is 1.47. The number of hydrogen-bond acceptors (Lipinski definition) is 3. The molecular weight excluding hydrogens is 302 g/mol. The highest BCUT2D eigenvalue weighted by Crippen LogP contribution is 2.27. The molecule has 2 atom stereocenters. The molecule has 2 N–H and O–H groups in total. The molecule has 128 valence electrons. The van der Waals surface area contributed by atoms with Gasteiger partial charge in [-0.3, -0.25) is 4.79 Å². The lowest BCUT2D eigenvalue weighted by molar-refractivity contribution is 0.0779. The summed E-state index contributed by atoms with van der Waals surface area (Å²) in [5.74, 6) is 0.656. The lowest BCUT2D eigenvalue weighted by Gasteiger charge is -2.22. The van der Waals surface area contributed by atoms with Crippen molar-refractivity contribution < 1.29 is 9.90 Å². The molecule has 2 fully saturated rings. The van der Waals surface area contributed by atoms with E-state index in [1.54, 1.807) is 0 Å². The second-order valence-corrected chi connectivity index (χ2v) is 7.20. The van der Waals surface area contributed by atoms with Crippen molar-refractivity contribution in [3.63, 3.8) is 0 Å². The number of hydrogen-bond donors (Lipinski definition) is 2. The van der Waals surface area contributed by atoms with Crippen molar-refractivity contribution in [1.29, 1.82) is 0 Å². The molecule has 1 aromatic carbocycles. The Bertz CT molecular complexity index is 720. The SMILES string of the molecule is O=C(c1ccc2cc[nH]c2c1)N1C[C@@H](CN2CCCC2)[C@@H](CO)C1. The number of aromatic nitrogens is 1. The Hall–Kier alpha value is -1.85. The van der Waals surface area contributed by atoms with Gasteiger partial charge in [-0.1, -0.05) is 6.07 Å². The van der Waals surface area contributed by atoms with Crippen LogP contribution in [-0.2, 0) is 0 Å². The lowest BCUT2D eigenvalue weighted by atomic mass is 9.96. The van der Waals surface area contributed by atoms with Crippen molar-refractivity contribution in [3.05, 3.63) is 36.0 Å². The van der Waals surface area contributed by atoms with Crippen molar-refractivity contribution in [1.82, 2.24) is 14.8 Å². The first kappa shape index (κ1) is 15.7. The van der Waals surface area contributed by atoms with Crippen molar-refractivity contribution in [2.45, 2.75) is 12.8 Å². The largest absolute Gasteiger partial charge is 0.396 e. The molecule has 1 aromatic heterocycles. The van der Waals surface area contributed by atoms with E-state index in [0.29, 0.717) is 12.5 Å². The number of nitrogens with one attached hydrogen (secondary N) is 1. The van der Waals surface area contributed by atoms with Gasteiger partial charge in [0, 0.05) is 49.4 Å². The Kier molecular flexibility index (Phi) is 4.29. The number of aromatic amines is 1. The highest BCUT2D eigenvalue weighted by Gasteiger charge is 2.36. The van der Waals surface area contributed by atoms with Crippen LogP contribution < -0.4 is 0 Å². The normalized spacial score (nSPS) is 25.0. The molecule has 2 saturated heterocycles. The van der Waals surface area contributed by atoms with E-state index in [-0.39, 0.29) is 18.4 Å². The molecule has 0 bridgehead atoms. The molecule has 5 nitrogen and oxygen atoms in total. The Morgan fingerprint density at radius 3 is 2.75 bits per heavy atom. The molecule has 0 aliphatic carbocycles. The quantitative estimate of drug-likeness (QED) is 0.902. The zero-order valence-electron chi connectivity index (χ0n) is 13.9. The van der Waals surface area contributed by atoms with Crippen molar-refractivity contribution in [3.8, 4) is 0 Å². The summed E-state index contributed by atoms with van der Waals surface area (Å²) < 4.78 is 0. The smallest absolute Gasteiger partial charge is 0.253 e. The number of nitrogens with zero attached hydrogens (tertiary/aromatic N) is 2. The third-order valence-electron chi connectivity index (χ3n) is 5.59. The van der Waals surface area contributed by atoms with E-state index >= 15 is 0 Å². The summed E-state index contributed by atoms with van der Waals surface area (Å²) in [6.07, 6.45) is 4.44. The van der Waals surface area contributed by atoms with Gasteiger partial charge in [-0.2, -0.15) is 0 Å². The molecule has 24 heavy (non-hydrogen) atoms. The highest BCUT2D eigenvalue weighted by atomic mass is 16.3. The first-order chi connectivity index (χ1) is 11.7. The van der Waals surface area contributed by atoms with E-state index in [1.165, 1.54) is 12.8 Å². The van der Waals surface area contributed by atoms with Crippen LogP contribution in [0.25, 0.3) is 10.9 Å². The average molecular weight is 327 g/mol. The Morgan fingerprint density at radius 2 is 1.96 bits per heavy atom. The van der Waals surface area contributed by atoms with Gasteiger partial charge in [-0.05, 0) is 55.4 Å². The van der Waals surface area contributed by atoms with Crippen LogP contribution in [0, 0.1) is 11.8 Å². The number of aliphatic hydroxyl groups excluding tert-OH is 1. The fourth-order valence-corrected chi connectivity index (χ4v) is 4.18. The third-order valence-corrected chi connectivity index (χ3v) is 5.59. The van der Waals surface area contributed by atoms with Gasteiger partial charge >= 0.3 is 0 Å². The second kappa shape index (κ2) is 6.57. The molecule has 0 unspecified atom stereocenters. The molecule has 0 saturated carbocycles. The van der Waals surface area contributed by atoms with Gasteiger partial charge in [0.05, 0.1) is 0 Å². The maximum atomic E-state index is 12.9. The number of benzene rings is 1. The minimum Gasteiger partial charge on any atom is -0.396 e. The van der Waals surface area contributed by atoms with Crippen LogP contribution in [-0.4, -0.2) is 65.1 Å². The van der Waals surface area contributed by atoms with E-state index in [1.807, 2.05) is 35.4 Å². The fourth-order valence-electron chi connectivity index (χ4n) is 4.18. The minimum absolute atomic E-state index is 0.0777. The molecule has 5 heteroatoms. The highest BCUT2D eigenvalue weighted by molar-refractivity contribution is 5.98. The molecule has 2 aliphatic heterocycles. The number of likely N-dealkylation sites (tertiary alicyclic amines) is 2. The van der Waals surface area contributed by atoms with Gasteiger partial charge in [0.2, 0.25) is 0 Å². The summed E-state index contributed by atoms with van der Waals surface area (Å²) in [5.41, 5.74) is 1.72. The number of carbonyl (C=O) groups excluding carboxylic acids is 1. The summed E-state index contributed by atoms with van der Waals surface area (Å²) in [5, 5.41) is 10.9. The number of fused-ring (bicyclic) bond motifs is 1. The predicted molar refractivity (Wildman–Crippen MR) is 93.9 cm³/mol. The molecule has 3 heterocycles. The predicted octanol–water partition coefficient (Wildman–Crippen LogP) is 1.94. The van der Waals surface area contributed by atoms with Gasteiger partial charge in [0.25, 0.3) is 5.91 Å². The summed E-state index contributed by atoms with van der Waals surface area (Å²) in [7, 11) is 0. The number of rotatable bonds is 4. The van der Waals surface area contributed by atoms with E-state index in [9.17, 15) is 9.90 Å². The van der Waals surface area contributed by atoms with Gasteiger partial charge in [-0.15, -0.1) is 0 Å². The second-order valence-electron chi connectivity index (χ2n) is 7.20. The molecular formula is C19H25N3O2. The summed E-state index contributed by atoms with van der Waals surface area (Å²) >= 11 is 0. The maximum absolute atomic E-state index is 12.9. The summed E-state index contributed by atoms with van der Waals surface area (Å²) in [6, 6.07) is 7.83. The Morgan fingerprint density at radius 1 is 1.17 bits per heavy atom. The van der Waals surface area contributed by atoms with Gasteiger partial charge in [-0.25, -0.2) is 0 Å². The zero-order chi connectivity index (χ0) is 16.5.